The topological polar surface area (TPSA) is 81.4 Å². The molecule has 1 heterocycles. The van der Waals surface area contributed by atoms with Crippen molar-refractivity contribution >= 4 is 11.9 Å². The largest absolute Gasteiger partial charge is 0.480 e. The number of halogens is 1. The standard InChI is InChI=1S/C13H11FN2O3/c14-10-2-1-8(5-9(10)6-15)7-16-11(13(18)19)3-4-12(16)17/h1-2,5,11H,3-4,7H2,(H,18,19). The second-order valence-electron chi connectivity index (χ2n) is 4.34. The molecule has 1 aromatic carbocycles. The van der Waals surface area contributed by atoms with Crippen LogP contribution in [0.4, 0.5) is 4.39 Å². The van der Waals surface area contributed by atoms with Crippen LogP contribution in [0.3, 0.4) is 0 Å². The van der Waals surface area contributed by atoms with Crippen LogP contribution in [0.2, 0.25) is 0 Å². The molecule has 0 aliphatic carbocycles. The number of hydrogen-bond acceptors (Lipinski definition) is 3. The molecule has 1 aromatic rings. The Morgan fingerprint density at radius 2 is 2.32 bits per heavy atom. The van der Waals surface area contributed by atoms with Crippen molar-refractivity contribution in [1.29, 1.82) is 5.26 Å². The summed E-state index contributed by atoms with van der Waals surface area (Å²) in [5.74, 6) is -1.92. The Hall–Kier alpha value is -2.42. The van der Waals surface area contributed by atoms with Crippen molar-refractivity contribution in [2.24, 2.45) is 0 Å². The lowest BCUT2D eigenvalue weighted by Crippen LogP contribution is -2.37. The summed E-state index contributed by atoms with van der Waals surface area (Å²) < 4.78 is 13.2. The second-order valence-corrected chi connectivity index (χ2v) is 4.34. The lowest BCUT2D eigenvalue weighted by Gasteiger charge is -2.21. The van der Waals surface area contributed by atoms with E-state index in [0.29, 0.717) is 5.56 Å². The zero-order valence-electron chi connectivity index (χ0n) is 9.97. The van der Waals surface area contributed by atoms with Crippen LogP contribution >= 0.6 is 0 Å². The van der Waals surface area contributed by atoms with Gasteiger partial charge in [0.15, 0.2) is 0 Å². The molecule has 0 spiro atoms. The highest BCUT2D eigenvalue weighted by atomic mass is 19.1. The minimum Gasteiger partial charge on any atom is -0.480 e. The minimum atomic E-state index is -1.05. The van der Waals surface area contributed by atoms with Crippen LogP contribution in [0.25, 0.3) is 0 Å². The van der Waals surface area contributed by atoms with Gasteiger partial charge in [-0.1, -0.05) is 6.07 Å². The highest BCUT2D eigenvalue weighted by molar-refractivity contribution is 5.87. The first-order valence-electron chi connectivity index (χ1n) is 5.73. The average molecular weight is 262 g/mol. The Morgan fingerprint density at radius 1 is 1.58 bits per heavy atom. The number of carbonyl (C=O) groups excluding carboxylic acids is 1. The van der Waals surface area contributed by atoms with Crippen LogP contribution in [0.1, 0.15) is 24.0 Å². The Bertz CT molecular complexity index is 580. The zero-order valence-corrected chi connectivity index (χ0v) is 9.97. The van der Waals surface area contributed by atoms with E-state index in [-0.39, 0.29) is 30.9 Å². The van der Waals surface area contributed by atoms with E-state index in [9.17, 15) is 14.0 Å². The first-order valence-corrected chi connectivity index (χ1v) is 5.73. The number of nitrogens with zero attached hydrogens (tertiary/aromatic N) is 2. The van der Waals surface area contributed by atoms with E-state index in [1.54, 1.807) is 6.07 Å². The van der Waals surface area contributed by atoms with Gasteiger partial charge in [0.25, 0.3) is 0 Å². The molecule has 0 radical (unpaired) electrons. The SMILES string of the molecule is N#Cc1cc(CN2C(=O)CCC2C(=O)O)ccc1F. The molecule has 1 amide bonds. The Kier molecular flexibility index (Phi) is 3.47. The maximum absolute atomic E-state index is 13.2. The number of carbonyl (C=O) groups is 2. The molecule has 5 nitrogen and oxygen atoms in total. The van der Waals surface area contributed by atoms with Gasteiger partial charge >= 0.3 is 5.97 Å². The minimum absolute atomic E-state index is 0.0742. The third kappa shape index (κ3) is 2.55. The van der Waals surface area contributed by atoms with Crippen molar-refractivity contribution in [2.45, 2.75) is 25.4 Å². The van der Waals surface area contributed by atoms with Gasteiger partial charge in [-0.3, -0.25) is 4.79 Å². The summed E-state index contributed by atoms with van der Waals surface area (Å²) in [6.07, 6.45) is 0.476. The lowest BCUT2D eigenvalue weighted by atomic mass is 10.1. The number of carboxylic acids is 1. The molecule has 98 valence electrons. The van der Waals surface area contributed by atoms with Crippen molar-refractivity contribution in [2.75, 3.05) is 0 Å². The first kappa shape index (κ1) is 13.0. The first-order chi connectivity index (χ1) is 9.02. The fraction of sp³-hybridized carbons (Fsp3) is 0.308. The molecule has 1 aliphatic heterocycles. The number of hydrogen-bond donors (Lipinski definition) is 1. The molecule has 0 bridgehead atoms. The van der Waals surface area contributed by atoms with Crippen LogP contribution in [0, 0.1) is 17.1 Å². The summed E-state index contributed by atoms with van der Waals surface area (Å²) in [6.45, 7) is 0.0742. The van der Waals surface area contributed by atoms with E-state index in [0.717, 1.165) is 6.07 Å². The Morgan fingerprint density at radius 3 is 2.95 bits per heavy atom. The van der Waals surface area contributed by atoms with E-state index in [2.05, 4.69) is 0 Å². The Balaban J connectivity index is 2.23. The number of aliphatic carboxylic acids is 1. The third-order valence-electron chi connectivity index (χ3n) is 3.12. The predicted molar refractivity (Wildman–Crippen MR) is 62.3 cm³/mol. The van der Waals surface area contributed by atoms with Crippen LogP contribution in [-0.4, -0.2) is 27.9 Å². The van der Waals surface area contributed by atoms with Crippen molar-refractivity contribution < 1.29 is 19.1 Å². The van der Waals surface area contributed by atoms with Gasteiger partial charge in [0.1, 0.15) is 17.9 Å². The van der Waals surface area contributed by atoms with Crippen molar-refractivity contribution in [3.05, 3.63) is 35.1 Å². The van der Waals surface area contributed by atoms with Gasteiger partial charge in [-0.15, -0.1) is 0 Å². The number of nitriles is 1. The molecule has 0 saturated carbocycles. The monoisotopic (exact) mass is 262 g/mol. The highest BCUT2D eigenvalue weighted by Gasteiger charge is 2.35. The summed E-state index contributed by atoms with van der Waals surface area (Å²) in [5.41, 5.74) is 0.426. The van der Waals surface area contributed by atoms with Crippen molar-refractivity contribution in [3.8, 4) is 6.07 Å². The van der Waals surface area contributed by atoms with Gasteiger partial charge in [-0.25, -0.2) is 9.18 Å². The van der Waals surface area contributed by atoms with E-state index in [4.69, 9.17) is 10.4 Å². The van der Waals surface area contributed by atoms with Gasteiger partial charge in [-0.2, -0.15) is 5.26 Å². The molecule has 1 saturated heterocycles. The number of rotatable bonds is 3. The highest BCUT2D eigenvalue weighted by Crippen LogP contribution is 2.22. The Labute approximate surface area is 108 Å². The zero-order chi connectivity index (χ0) is 14.0. The van der Waals surface area contributed by atoms with Gasteiger partial charge in [0.05, 0.1) is 5.56 Å². The molecular formula is C13H11FN2O3. The molecule has 1 unspecified atom stereocenters. The number of likely N-dealkylation sites (tertiary alicyclic amines) is 1. The van der Waals surface area contributed by atoms with Crippen LogP contribution < -0.4 is 0 Å². The molecule has 1 aliphatic rings. The maximum Gasteiger partial charge on any atom is 0.326 e. The van der Waals surface area contributed by atoms with Crippen LogP contribution in [0.15, 0.2) is 18.2 Å². The molecule has 19 heavy (non-hydrogen) atoms. The predicted octanol–water partition coefficient (Wildman–Crippen LogP) is 1.27. The van der Waals surface area contributed by atoms with Crippen molar-refractivity contribution in [3.63, 3.8) is 0 Å². The molecule has 1 fully saturated rings. The number of benzene rings is 1. The summed E-state index contributed by atoms with van der Waals surface area (Å²) in [6, 6.07) is 4.79. The maximum atomic E-state index is 13.2. The molecule has 0 aromatic heterocycles. The fourth-order valence-electron chi connectivity index (χ4n) is 2.14. The molecule has 1 atom stereocenters. The van der Waals surface area contributed by atoms with E-state index in [1.165, 1.54) is 17.0 Å². The van der Waals surface area contributed by atoms with Gasteiger partial charge in [0.2, 0.25) is 5.91 Å². The van der Waals surface area contributed by atoms with Gasteiger partial charge < -0.3 is 10.0 Å². The molecular weight excluding hydrogens is 251 g/mol. The van der Waals surface area contributed by atoms with E-state index in [1.807, 2.05) is 0 Å². The third-order valence-corrected chi connectivity index (χ3v) is 3.12. The summed E-state index contributed by atoms with van der Waals surface area (Å²) >= 11 is 0. The number of amides is 1. The van der Waals surface area contributed by atoms with Crippen molar-refractivity contribution in [1.82, 2.24) is 4.90 Å². The van der Waals surface area contributed by atoms with Crippen LogP contribution in [-0.2, 0) is 16.1 Å². The van der Waals surface area contributed by atoms with E-state index < -0.39 is 17.8 Å². The van der Waals surface area contributed by atoms with E-state index >= 15 is 0 Å². The van der Waals surface area contributed by atoms with Gasteiger partial charge in [-0.05, 0) is 24.1 Å². The number of carboxylic acid groups (broad SMARTS) is 1. The summed E-state index contributed by atoms with van der Waals surface area (Å²) in [4.78, 5) is 23.9. The lowest BCUT2D eigenvalue weighted by molar-refractivity contribution is -0.146. The smallest absolute Gasteiger partial charge is 0.326 e. The molecule has 2 rings (SSSR count). The summed E-state index contributed by atoms with van der Waals surface area (Å²) in [5, 5.41) is 17.7. The summed E-state index contributed by atoms with van der Waals surface area (Å²) in [7, 11) is 0. The normalized spacial score (nSPS) is 18.4. The van der Waals surface area contributed by atoms with Gasteiger partial charge in [0, 0.05) is 13.0 Å². The quantitative estimate of drug-likeness (QED) is 0.889. The van der Waals surface area contributed by atoms with Crippen LogP contribution in [0.5, 0.6) is 0 Å². The molecule has 6 heteroatoms. The average Bonchev–Trinajstić information content (AvgIpc) is 2.73. The molecule has 1 N–H and O–H groups in total. The fourth-order valence-corrected chi connectivity index (χ4v) is 2.14. The second kappa shape index (κ2) is 5.06.